The van der Waals surface area contributed by atoms with E-state index < -0.39 is 5.97 Å². The zero-order valence-corrected chi connectivity index (χ0v) is 14.0. The molecule has 0 aliphatic carbocycles. The molecule has 3 rings (SSSR count). The van der Waals surface area contributed by atoms with E-state index in [1.165, 1.54) is 20.1 Å². The van der Waals surface area contributed by atoms with Crippen LogP contribution >= 0.6 is 0 Å². The first-order valence-corrected chi connectivity index (χ1v) is 7.51. The Morgan fingerprint density at radius 3 is 2.60 bits per heavy atom. The quantitative estimate of drug-likeness (QED) is 0.483. The van der Waals surface area contributed by atoms with Crippen molar-refractivity contribution in [3.8, 4) is 23.0 Å². The Labute approximate surface area is 144 Å². The molecule has 2 aromatic carbocycles. The van der Waals surface area contributed by atoms with E-state index in [1.54, 1.807) is 43.5 Å². The summed E-state index contributed by atoms with van der Waals surface area (Å²) < 4.78 is 21.3. The molecule has 1 heterocycles. The number of methoxy groups -OCH3 is 2. The highest BCUT2D eigenvalue weighted by Crippen LogP contribution is 2.37. The number of carbonyl (C=O) groups excluding carboxylic acids is 2. The minimum Gasteiger partial charge on any atom is -0.493 e. The summed E-state index contributed by atoms with van der Waals surface area (Å²) in [4.78, 5) is 23.6. The van der Waals surface area contributed by atoms with E-state index in [1.807, 2.05) is 0 Å². The number of fused-ring (bicyclic) bond motifs is 1. The molecule has 25 heavy (non-hydrogen) atoms. The van der Waals surface area contributed by atoms with Gasteiger partial charge in [-0.3, -0.25) is 9.59 Å². The summed E-state index contributed by atoms with van der Waals surface area (Å²) in [5, 5.41) is 0. The predicted molar refractivity (Wildman–Crippen MR) is 90.2 cm³/mol. The van der Waals surface area contributed by atoms with E-state index in [0.29, 0.717) is 34.1 Å². The van der Waals surface area contributed by atoms with Crippen LogP contribution in [0.25, 0.3) is 6.08 Å². The monoisotopic (exact) mass is 340 g/mol. The summed E-state index contributed by atoms with van der Waals surface area (Å²) in [5.41, 5.74) is 1.06. The first kappa shape index (κ1) is 16.6. The fourth-order valence-electron chi connectivity index (χ4n) is 2.56. The van der Waals surface area contributed by atoms with Gasteiger partial charge in [-0.2, -0.15) is 0 Å². The van der Waals surface area contributed by atoms with E-state index in [4.69, 9.17) is 18.9 Å². The zero-order valence-electron chi connectivity index (χ0n) is 14.0. The molecule has 6 nitrogen and oxygen atoms in total. The Hall–Kier alpha value is -3.28. The third kappa shape index (κ3) is 3.19. The smallest absolute Gasteiger partial charge is 0.308 e. The first-order chi connectivity index (χ1) is 12.0. The van der Waals surface area contributed by atoms with Gasteiger partial charge < -0.3 is 18.9 Å². The number of hydrogen-bond acceptors (Lipinski definition) is 6. The van der Waals surface area contributed by atoms with Crippen molar-refractivity contribution in [2.24, 2.45) is 0 Å². The standard InChI is InChI=1S/C19H16O6/c1-11(20)24-13-7-8-14-16(10-13)25-17(18(14)21)9-12-5-4-6-15(22-2)19(12)23-3/h4-10H,1-3H3/b17-9+. The number of allylic oxidation sites excluding steroid dienone is 1. The van der Waals surface area contributed by atoms with E-state index >= 15 is 0 Å². The number of carbonyl (C=O) groups is 2. The van der Waals surface area contributed by atoms with Gasteiger partial charge in [-0.1, -0.05) is 12.1 Å². The Balaban J connectivity index is 1.96. The van der Waals surface area contributed by atoms with Crippen molar-refractivity contribution in [3.63, 3.8) is 0 Å². The van der Waals surface area contributed by atoms with Crippen LogP contribution in [0.1, 0.15) is 22.8 Å². The van der Waals surface area contributed by atoms with Gasteiger partial charge in [-0.15, -0.1) is 0 Å². The van der Waals surface area contributed by atoms with Crippen LogP contribution in [0.3, 0.4) is 0 Å². The minimum absolute atomic E-state index is 0.154. The maximum Gasteiger partial charge on any atom is 0.308 e. The number of benzene rings is 2. The normalized spacial score (nSPS) is 14.0. The number of hydrogen-bond donors (Lipinski definition) is 0. The predicted octanol–water partition coefficient (Wildman–Crippen LogP) is 3.25. The molecule has 0 atom stereocenters. The molecule has 0 N–H and O–H groups in total. The molecule has 2 aromatic rings. The van der Waals surface area contributed by atoms with Crippen LogP contribution in [0, 0.1) is 0 Å². The second-order valence-corrected chi connectivity index (χ2v) is 5.27. The van der Waals surface area contributed by atoms with E-state index in [0.717, 1.165) is 0 Å². The van der Waals surface area contributed by atoms with Crippen molar-refractivity contribution in [1.82, 2.24) is 0 Å². The fraction of sp³-hybridized carbons (Fsp3) is 0.158. The molecule has 0 amide bonds. The molecule has 1 aliphatic rings. The lowest BCUT2D eigenvalue weighted by atomic mass is 10.1. The van der Waals surface area contributed by atoms with Crippen molar-refractivity contribution in [2.45, 2.75) is 6.92 Å². The highest BCUT2D eigenvalue weighted by atomic mass is 16.5. The molecule has 0 unspecified atom stereocenters. The van der Waals surface area contributed by atoms with Crippen molar-refractivity contribution >= 4 is 17.8 Å². The number of para-hydroxylation sites is 1. The molecule has 0 saturated heterocycles. The van der Waals surface area contributed by atoms with Gasteiger partial charge >= 0.3 is 5.97 Å². The summed E-state index contributed by atoms with van der Waals surface area (Å²) in [6, 6.07) is 9.98. The number of rotatable bonds is 4. The highest BCUT2D eigenvalue weighted by molar-refractivity contribution is 6.14. The highest BCUT2D eigenvalue weighted by Gasteiger charge is 2.28. The van der Waals surface area contributed by atoms with Gasteiger partial charge in [-0.05, 0) is 24.3 Å². The summed E-state index contributed by atoms with van der Waals surface area (Å²) in [6.07, 6.45) is 1.59. The lowest BCUT2D eigenvalue weighted by Crippen LogP contribution is -2.01. The van der Waals surface area contributed by atoms with Gasteiger partial charge in [0.1, 0.15) is 11.5 Å². The van der Waals surface area contributed by atoms with E-state index in [2.05, 4.69) is 0 Å². The third-order valence-electron chi connectivity index (χ3n) is 3.62. The number of Topliss-reactive ketones (excluding diaryl/α,β-unsaturated/α-hetero) is 1. The van der Waals surface area contributed by atoms with Crippen LogP contribution in [0.2, 0.25) is 0 Å². The topological polar surface area (TPSA) is 71.1 Å². The Bertz CT molecular complexity index is 881. The second kappa shape index (κ2) is 6.68. The summed E-state index contributed by atoms with van der Waals surface area (Å²) >= 11 is 0. The van der Waals surface area contributed by atoms with Crippen LogP contribution in [-0.2, 0) is 4.79 Å². The Kier molecular flexibility index (Phi) is 4.43. The summed E-state index contributed by atoms with van der Waals surface area (Å²) in [5.74, 6) is 1.18. The van der Waals surface area contributed by atoms with Crippen LogP contribution in [0.4, 0.5) is 0 Å². The largest absolute Gasteiger partial charge is 0.493 e. The van der Waals surface area contributed by atoms with Gasteiger partial charge in [0, 0.05) is 18.6 Å². The van der Waals surface area contributed by atoms with Crippen LogP contribution in [0.5, 0.6) is 23.0 Å². The average Bonchev–Trinajstić information content (AvgIpc) is 2.89. The maximum absolute atomic E-state index is 12.5. The molecule has 0 spiro atoms. The van der Waals surface area contributed by atoms with Crippen molar-refractivity contribution < 1.29 is 28.5 Å². The molecular weight excluding hydrogens is 324 g/mol. The molecule has 0 bridgehead atoms. The molecular formula is C19H16O6. The molecule has 1 aliphatic heterocycles. The van der Waals surface area contributed by atoms with Crippen molar-refractivity contribution in [1.29, 1.82) is 0 Å². The van der Waals surface area contributed by atoms with Gasteiger partial charge in [0.25, 0.3) is 0 Å². The lowest BCUT2D eigenvalue weighted by Gasteiger charge is -2.10. The second-order valence-electron chi connectivity index (χ2n) is 5.27. The summed E-state index contributed by atoms with van der Waals surface area (Å²) in [7, 11) is 3.07. The Morgan fingerprint density at radius 1 is 1.12 bits per heavy atom. The molecule has 0 radical (unpaired) electrons. The van der Waals surface area contributed by atoms with Gasteiger partial charge in [0.15, 0.2) is 17.3 Å². The maximum atomic E-state index is 12.5. The number of esters is 1. The molecule has 128 valence electrons. The molecule has 0 aromatic heterocycles. The number of ketones is 1. The van der Waals surface area contributed by atoms with Crippen LogP contribution in [0.15, 0.2) is 42.2 Å². The van der Waals surface area contributed by atoms with Crippen molar-refractivity contribution in [3.05, 3.63) is 53.3 Å². The van der Waals surface area contributed by atoms with E-state index in [9.17, 15) is 9.59 Å². The third-order valence-corrected chi connectivity index (χ3v) is 3.62. The molecule has 6 heteroatoms. The van der Waals surface area contributed by atoms with Gasteiger partial charge in [0.05, 0.1) is 19.8 Å². The van der Waals surface area contributed by atoms with Gasteiger partial charge in [-0.25, -0.2) is 0 Å². The van der Waals surface area contributed by atoms with Crippen LogP contribution in [-0.4, -0.2) is 26.0 Å². The van der Waals surface area contributed by atoms with Gasteiger partial charge in [0.2, 0.25) is 5.78 Å². The number of ether oxygens (including phenoxy) is 4. The Morgan fingerprint density at radius 2 is 1.92 bits per heavy atom. The molecule has 0 saturated carbocycles. The average molecular weight is 340 g/mol. The SMILES string of the molecule is COc1cccc(/C=C2/Oc3cc(OC(C)=O)ccc3C2=O)c1OC. The molecule has 0 fully saturated rings. The lowest BCUT2D eigenvalue weighted by molar-refractivity contribution is -0.131. The minimum atomic E-state index is -0.443. The van der Waals surface area contributed by atoms with Crippen molar-refractivity contribution in [2.75, 3.05) is 14.2 Å². The van der Waals surface area contributed by atoms with E-state index in [-0.39, 0.29) is 11.5 Å². The zero-order chi connectivity index (χ0) is 18.0. The summed E-state index contributed by atoms with van der Waals surface area (Å²) in [6.45, 7) is 1.31. The van der Waals surface area contributed by atoms with Crippen LogP contribution < -0.4 is 18.9 Å². The fourth-order valence-corrected chi connectivity index (χ4v) is 2.56. The first-order valence-electron chi connectivity index (χ1n) is 7.51.